The smallest absolute Gasteiger partial charge is 0.253 e. The number of carbonyl (C=O) groups excluding carboxylic acids is 2. The van der Waals surface area contributed by atoms with Crippen molar-refractivity contribution in [1.29, 1.82) is 0 Å². The largest absolute Gasteiger partial charge is 0.372 e. The average molecular weight is 278 g/mol. The van der Waals surface area contributed by atoms with E-state index in [1.165, 1.54) is 7.11 Å². The van der Waals surface area contributed by atoms with Crippen molar-refractivity contribution in [2.75, 3.05) is 12.4 Å². The number of amides is 2. The summed E-state index contributed by atoms with van der Waals surface area (Å²) in [7, 11) is 1.48. The standard InChI is InChI=1S/C15H22N2O3/c1-10(20-5)13(18)16-12-8-6-11(7-9-12)14(19)17-15(2,3)4/h6-10H,1-5H3,(H,16,18)(H,17,19). The maximum absolute atomic E-state index is 11.9. The van der Waals surface area contributed by atoms with E-state index in [-0.39, 0.29) is 17.4 Å². The lowest BCUT2D eigenvalue weighted by Crippen LogP contribution is -2.40. The molecule has 0 aliphatic heterocycles. The van der Waals surface area contributed by atoms with Crippen LogP contribution in [0.25, 0.3) is 0 Å². The highest BCUT2D eigenvalue weighted by Gasteiger charge is 2.15. The van der Waals surface area contributed by atoms with Crippen LogP contribution in [-0.4, -0.2) is 30.6 Å². The topological polar surface area (TPSA) is 67.4 Å². The third kappa shape index (κ3) is 5.01. The Labute approximate surface area is 119 Å². The van der Waals surface area contributed by atoms with E-state index >= 15 is 0 Å². The van der Waals surface area contributed by atoms with Crippen molar-refractivity contribution in [3.05, 3.63) is 29.8 Å². The molecule has 0 heterocycles. The highest BCUT2D eigenvalue weighted by Crippen LogP contribution is 2.11. The molecule has 2 N–H and O–H groups in total. The Morgan fingerprint density at radius 1 is 1.15 bits per heavy atom. The van der Waals surface area contributed by atoms with Crippen LogP contribution < -0.4 is 10.6 Å². The number of benzene rings is 1. The SMILES string of the molecule is COC(C)C(=O)Nc1ccc(C(=O)NC(C)(C)C)cc1. The Morgan fingerprint density at radius 2 is 1.70 bits per heavy atom. The Bertz CT molecular complexity index is 475. The molecule has 110 valence electrons. The monoisotopic (exact) mass is 278 g/mol. The number of carbonyl (C=O) groups is 2. The van der Waals surface area contributed by atoms with Crippen LogP contribution in [0.3, 0.4) is 0 Å². The van der Waals surface area contributed by atoms with E-state index in [9.17, 15) is 9.59 Å². The maximum atomic E-state index is 11.9. The van der Waals surface area contributed by atoms with Crippen LogP contribution in [0.1, 0.15) is 38.1 Å². The lowest BCUT2D eigenvalue weighted by molar-refractivity contribution is -0.124. The van der Waals surface area contributed by atoms with E-state index in [1.54, 1.807) is 31.2 Å². The molecule has 1 rings (SSSR count). The molecule has 0 bridgehead atoms. The summed E-state index contributed by atoms with van der Waals surface area (Å²) < 4.78 is 4.92. The zero-order valence-electron chi connectivity index (χ0n) is 12.6. The zero-order chi connectivity index (χ0) is 15.3. The number of ether oxygens (including phenoxy) is 1. The fraction of sp³-hybridized carbons (Fsp3) is 0.467. The first-order valence-corrected chi connectivity index (χ1v) is 6.49. The summed E-state index contributed by atoms with van der Waals surface area (Å²) in [6.45, 7) is 7.43. The molecule has 0 aromatic heterocycles. The summed E-state index contributed by atoms with van der Waals surface area (Å²) in [4.78, 5) is 23.6. The third-order valence-electron chi connectivity index (χ3n) is 2.63. The normalized spacial score (nSPS) is 12.7. The highest BCUT2D eigenvalue weighted by molar-refractivity contribution is 5.97. The van der Waals surface area contributed by atoms with E-state index in [4.69, 9.17) is 4.74 Å². The van der Waals surface area contributed by atoms with Gasteiger partial charge >= 0.3 is 0 Å². The van der Waals surface area contributed by atoms with E-state index in [0.29, 0.717) is 11.3 Å². The van der Waals surface area contributed by atoms with Gasteiger partial charge < -0.3 is 15.4 Å². The van der Waals surface area contributed by atoms with Gasteiger partial charge in [0.1, 0.15) is 6.10 Å². The predicted molar refractivity (Wildman–Crippen MR) is 78.8 cm³/mol. The van der Waals surface area contributed by atoms with E-state index in [2.05, 4.69) is 10.6 Å². The molecule has 2 amide bonds. The van der Waals surface area contributed by atoms with Gasteiger partial charge in [-0.25, -0.2) is 0 Å². The Kier molecular flexibility index (Phi) is 5.27. The van der Waals surface area contributed by atoms with Crippen molar-refractivity contribution in [1.82, 2.24) is 5.32 Å². The van der Waals surface area contributed by atoms with Crippen LogP contribution in [0.15, 0.2) is 24.3 Å². The fourth-order valence-electron chi connectivity index (χ4n) is 1.47. The third-order valence-corrected chi connectivity index (χ3v) is 2.63. The summed E-state index contributed by atoms with van der Waals surface area (Å²) in [5.74, 6) is -0.361. The van der Waals surface area contributed by atoms with Crippen molar-refractivity contribution in [2.24, 2.45) is 0 Å². The molecule has 1 aromatic rings. The molecule has 1 unspecified atom stereocenters. The second kappa shape index (κ2) is 6.52. The molecule has 0 fully saturated rings. The fourth-order valence-corrected chi connectivity index (χ4v) is 1.47. The molecule has 5 heteroatoms. The second-order valence-corrected chi connectivity index (χ2v) is 5.65. The van der Waals surface area contributed by atoms with Crippen molar-refractivity contribution < 1.29 is 14.3 Å². The number of methoxy groups -OCH3 is 1. The molecule has 5 nitrogen and oxygen atoms in total. The van der Waals surface area contributed by atoms with E-state index < -0.39 is 6.10 Å². The van der Waals surface area contributed by atoms with Crippen LogP contribution in [0.5, 0.6) is 0 Å². The quantitative estimate of drug-likeness (QED) is 0.887. The summed E-state index contributed by atoms with van der Waals surface area (Å²) >= 11 is 0. The van der Waals surface area contributed by atoms with E-state index in [1.807, 2.05) is 20.8 Å². The van der Waals surface area contributed by atoms with Gasteiger partial charge in [0.25, 0.3) is 11.8 Å². The molecule has 0 saturated carbocycles. The van der Waals surface area contributed by atoms with E-state index in [0.717, 1.165) is 0 Å². The number of rotatable bonds is 4. The molecule has 20 heavy (non-hydrogen) atoms. The molecule has 1 aromatic carbocycles. The lowest BCUT2D eigenvalue weighted by atomic mass is 10.1. The first-order chi connectivity index (χ1) is 9.23. The van der Waals surface area contributed by atoms with Gasteiger partial charge in [-0.3, -0.25) is 9.59 Å². The molecular weight excluding hydrogens is 256 g/mol. The molecular formula is C15H22N2O3. The van der Waals surface area contributed by atoms with Gasteiger partial charge in [-0.05, 0) is 52.0 Å². The highest BCUT2D eigenvalue weighted by atomic mass is 16.5. The summed E-state index contributed by atoms with van der Waals surface area (Å²) in [5.41, 5.74) is 0.904. The number of hydrogen-bond acceptors (Lipinski definition) is 3. The van der Waals surface area contributed by atoms with Crippen LogP contribution in [0, 0.1) is 0 Å². The minimum absolute atomic E-state index is 0.138. The van der Waals surface area contributed by atoms with Gasteiger partial charge in [0.15, 0.2) is 0 Å². The van der Waals surface area contributed by atoms with Crippen molar-refractivity contribution in [3.8, 4) is 0 Å². The molecule has 0 aliphatic carbocycles. The summed E-state index contributed by atoms with van der Waals surface area (Å²) in [6, 6.07) is 6.73. The molecule has 0 aliphatic rings. The first-order valence-electron chi connectivity index (χ1n) is 6.49. The second-order valence-electron chi connectivity index (χ2n) is 5.65. The van der Waals surface area contributed by atoms with Crippen LogP contribution in [0.2, 0.25) is 0 Å². The van der Waals surface area contributed by atoms with Crippen molar-refractivity contribution in [2.45, 2.75) is 39.3 Å². The molecule has 0 radical (unpaired) electrons. The molecule has 0 saturated heterocycles. The van der Waals surface area contributed by atoms with Crippen LogP contribution in [0.4, 0.5) is 5.69 Å². The van der Waals surface area contributed by atoms with Crippen molar-refractivity contribution in [3.63, 3.8) is 0 Å². The first kappa shape index (κ1) is 16.2. The number of anilines is 1. The molecule has 0 spiro atoms. The summed E-state index contributed by atoms with van der Waals surface area (Å²) in [6.07, 6.45) is -0.515. The maximum Gasteiger partial charge on any atom is 0.253 e. The van der Waals surface area contributed by atoms with Gasteiger partial charge in [0, 0.05) is 23.9 Å². The Morgan fingerprint density at radius 3 is 2.15 bits per heavy atom. The number of nitrogens with one attached hydrogen (secondary N) is 2. The van der Waals surface area contributed by atoms with Gasteiger partial charge in [-0.1, -0.05) is 0 Å². The zero-order valence-corrected chi connectivity index (χ0v) is 12.6. The Hall–Kier alpha value is -1.88. The summed E-state index contributed by atoms with van der Waals surface area (Å²) in [5, 5.41) is 5.59. The minimum Gasteiger partial charge on any atom is -0.372 e. The van der Waals surface area contributed by atoms with Crippen molar-refractivity contribution >= 4 is 17.5 Å². The minimum atomic E-state index is -0.515. The number of hydrogen-bond donors (Lipinski definition) is 2. The lowest BCUT2D eigenvalue weighted by Gasteiger charge is -2.20. The van der Waals surface area contributed by atoms with Crippen LogP contribution in [-0.2, 0) is 9.53 Å². The van der Waals surface area contributed by atoms with Gasteiger partial charge in [0.05, 0.1) is 0 Å². The van der Waals surface area contributed by atoms with Gasteiger partial charge in [-0.15, -0.1) is 0 Å². The average Bonchev–Trinajstić information content (AvgIpc) is 2.36. The Balaban J connectivity index is 2.69. The van der Waals surface area contributed by atoms with Crippen LogP contribution >= 0.6 is 0 Å². The predicted octanol–water partition coefficient (Wildman–Crippen LogP) is 2.19. The van der Waals surface area contributed by atoms with Gasteiger partial charge in [-0.2, -0.15) is 0 Å². The molecule has 1 atom stereocenters. The van der Waals surface area contributed by atoms with Gasteiger partial charge in [0.2, 0.25) is 0 Å².